The van der Waals surface area contributed by atoms with E-state index in [1.807, 2.05) is 37.3 Å². The van der Waals surface area contributed by atoms with Crippen molar-refractivity contribution in [2.24, 2.45) is 0 Å². The number of hydrogen-bond donors (Lipinski definition) is 1. The molecule has 9 heteroatoms. The minimum Gasteiger partial charge on any atom is -0.490 e. The number of anilines is 1. The third-order valence-corrected chi connectivity index (χ3v) is 6.23. The molecule has 1 fully saturated rings. The Hall–Kier alpha value is -3.75. The molecule has 0 bridgehead atoms. The highest BCUT2D eigenvalue weighted by Gasteiger charge is 2.36. The van der Waals surface area contributed by atoms with Gasteiger partial charge in [0.1, 0.15) is 13.2 Å². The fourth-order valence-corrected chi connectivity index (χ4v) is 4.46. The lowest BCUT2D eigenvalue weighted by Crippen LogP contribution is -2.36. The van der Waals surface area contributed by atoms with E-state index in [0.717, 1.165) is 22.2 Å². The summed E-state index contributed by atoms with van der Waals surface area (Å²) in [5, 5.41) is 2.59. The van der Waals surface area contributed by atoms with Gasteiger partial charge < -0.3 is 14.8 Å². The van der Waals surface area contributed by atoms with E-state index in [-0.39, 0.29) is 4.91 Å². The Morgan fingerprint density at radius 3 is 2.56 bits per heavy atom. The second kappa shape index (κ2) is 11.8. The van der Waals surface area contributed by atoms with Crippen molar-refractivity contribution in [1.82, 2.24) is 4.90 Å². The molecule has 3 amide bonds. The van der Waals surface area contributed by atoms with E-state index >= 15 is 0 Å². The van der Waals surface area contributed by atoms with E-state index in [4.69, 9.17) is 21.1 Å². The van der Waals surface area contributed by atoms with Crippen LogP contribution in [-0.4, -0.2) is 35.1 Å². The number of halogens is 1. The summed E-state index contributed by atoms with van der Waals surface area (Å²) in [4.78, 5) is 38.8. The van der Waals surface area contributed by atoms with Crippen molar-refractivity contribution < 1.29 is 23.9 Å². The first-order valence-corrected chi connectivity index (χ1v) is 12.4. The first-order valence-electron chi connectivity index (χ1n) is 11.2. The second-order valence-electron chi connectivity index (χ2n) is 7.74. The van der Waals surface area contributed by atoms with Crippen LogP contribution in [0.4, 0.5) is 10.5 Å². The molecule has 0 saturated carbocycles. The standard InChI is InChI=1S/C27H23ClN2O5S/c1-2-34-23-13-19(11-12-22(23)35-17-18-7-4-3-5-8-18)14-24-26(32)30(27(33)36-24)16-25(31)29-21-10-6-9-20(28)15-21/h3-15H,2,16-17H2,1H3,(H,29,31)/b24-14+. The number of rotatable bonds is 9. The number of carbonyl (C=O) groups is 3. The van der Waals surface area contributed by atoms with E-state index < -0.39 is 23.6 Å². The number of imide groups is 1. The summed E-state index contributed by atoms with van der Waals surface area (Å²) in [6.07, 6.45) is 1.60. The van der Waals surface area contributed by atoms with Crippen molar-refractivity contribution in [3.8, 4) is 11.5 Å². The van der Waals surface area contributed by atoms with Crippen LogP contribution in [0.3, 0.4) is 0 Å². The molecule has 184 valence electrons. The predicted octanol–water partition coefficient (Wildman–Crippen LogP) is 5.99. The van der Waals surface area contributed by atoms with Gasteiger partial charge in [-0.3, -0.25) is 19.3 Å². The first kappa shape index (κ1) is 25.3. The lowest BCUT2D eigenvalue weighted by molar-refractivity contribution is -0.127. The smallest absolute Gasteiger partial charge is 0.294 e. The van der Waals surface area contributed by atoms with Crippen LogP contribution in [0.15, 0.2) is 77.7 Å². The monoisotopic (exact) mass is 522 g/mol. The van der Waals surface area contributed by atoms with Gasteiger partial charge in [-0.05, 0) is 66.2 Å². The number of nitrogens with zero attached hydrogens (tertiary/aromatic N) is 1. The van der Waals surface area contributed by atoms with Gasteiger partial charge >= 0.3 is 0 Å². The molecule has 36 heavy (non-hydrogen) atoms. The molecule has 1 saturated heterocycles. The van der Waals surface area contributed by atoms with Crippen LogP contribution in [-0.2, 0) is 16.2 Å². The van der Waals surface area contributed by atoms with Gasteiger partial charge in [0.05, 0.1) is 11.5 Å². The van der Waals surface area contributed by atoms with Gasteiger partial charge in [0, 0.05) is 10.7 Å². The molecule has 1 aliphatic rings. The van der Waals surface area contributed by atoms with Gasteiger partial charge in [-0.15, -0.1) is 0 Å². The number of ether oxygens (including phenoxy) is 2. The zero-order valence-electron chi connectivity index (χ0n) is 19.4. The summed E-state index contributed by atoms with van der Waals surface area (Å²) >= 11 is 6.71. The number of carbonyl (C=O) groups excluding carboxylic acids is 3. The average molecular weight is 523 g/mol. The van der Waals surface area contributed by atoms with Gasteiger partial charge in [-0.25, -0.2) is 0 Å². The fourth-order valence-electron chi connectivity index (χ4n) is 3.44. The van der Waals surface area contributed by atoms with E-state index in [9.17, 15) is 14.4 Å². The Balaban J connectivity index is 1.44. The molecule has 7 nitrogen and oxygen atoms in total. The normalized spacial score (nSPS) is 14.3. The summed E-state index contributed by atoms with van der Waals surface area (Å²) in [5.41, 5.74) is 2.17. The van der Waals surface area contributed by atoms with Gasteiger partial charge in [0.15, 0.2) is 11.5 Å². The molecule has 1 aliphatic heterocycles. The number of thioether (sulfide) groups is 1. The highest BCUT2D eigenvalue weighted by molar-refractivity contribution is 8.18. The minimum atomic E-state index is -0.534. The average Bonchev–Trinajstić information content (AvgIpc) is 3.11. The van der Waals surface area contributed by atoms with E-state index in [1.54, 1.807) is 48.5 Å². The lowest BCUT2D eigenvalue weighted by atomic mass is 10.1. The third kappa shape index (κ3) is 6.47. The maximum atomic E-state index is 12.9. The third-order valence-electron chi connectivity index (χ3n) is 5.09. The number of nitrogens with one attached hydrogen (secondary N) is 1. The topological polar surface area (TPSA) is 84.9 Å². The lowest BCUT2D eigenvalue weighted by Gasteiger charge is -2.13. The number of benzene rings is 3. The van der Waals surface area contributed by atoms with Crippen molar-refractivity contribution in [1.29, 1.82) is 0 Å². The Bertz CT molecular complexity index is 1310. The van der Waals surface area contributed by atoms with Crippen LogP contribution in [0, 0.1) is 0 Å². The highest BCUT2D eigenvalue weighted by Crippen LogP contribution is 2.35. The maximum absolute atomic E-state index is 12.9. The Kier molecular flexibility index (Phi) is 8.30. The first-order chi connectivity index (χ1) is 17.4. The highest BCUT2D eigenvalue weighted by atomic mass is 35.5. The van der Waals surface area contributed by atoms with E-state index in [0.29, 0.717) is 41.0 Å². The van der Waals surface area contributed by atoms with Crippen molar-refractivity contribution in [2.45, 2.75) is 13.5 Å². The molecule has 1 N–H and O–H groups in total. The number of amides is 3. The van der Waals surface area contributed by atoms with Gasteiger partial charge in [0.25, 0.3) is 11.1 Å². The summed E-state index contributed by atoms with van der Waals surface area (Å²) in [6, 6.07) is 21.7. The van der Waals surface area contributed by atoms with Crippen LogP contribution in [0.25, 0.3) is 6.08 Å². The SMILES string of the molecule is CCOc1cc(/C=C2/SC(=O)N(CC(=O)Nc3cccc(Cl)c3)C2=O)ccc1OCc1ccccc1. The van der Waals surface area contributed by atoms with Crippen LogP contribution >= 0.6 is 23.4 Å². The molecule has 0 spiro atoms. The van der Waals surface area contributed by atoms with E-state index in [2.05, 4.69) is 5.32 Å². The summed E-state index contributed by atoms with van der Waals surface area (Å²) in [5.74, 6) is 0.0685. The van der Waals surface area contributed by atoms with Crippen molar-refractivity contribution in [2.75, 3.05) is 18.5 Å². The fraction of sp³-hybridized carbons (Fsp3) is 0.148. The molecule has 1 heterocycles. The molecule has 0 aromatic heterocycles. The molecule has 3 aromatic carbocycles. The van der Waals surface area contributed by atoms with Gasteiger partial charge in [0.2, 0.25) is 5.91 Å². The minimum absolute atomic E-state index is 0.218. The molecule has 0 atom stereocenters. The molecule has 3 aromatic rings. The van der Waals surface area contributed by atoms with Crippen molar-refractivity contribution in [3.05, 3.63) is 93.9 Å². The van der Waals surface area contributed by atoms with Crippen LogP contribution in [0.1, 0.15) is 18.1 Å². The Morgan fingerprint density at radius 2 is 1.81 bits per heavy atom. The molecular weight excluding hydrogens is 500 g/mol. The second-order valence-corrected chi connectivity index (χ2v) is 9.17. The van der Waals surface area contributed by atoms with Crippen molar-refractivity contribution in [3.63, 3.8) is 0 Å². The summed E-state index contributed by atoms with van der Waals surface area (Å²) in [6.45, 7) is 2.29. The zero-order chi connectivity index (χ0) is 25.5. The maximum Gasteiger partial charge on any atom is 0.294 e. The molecule has 0 unspecified atom stereocenters. The molecular formula is C27H23ClN2O5S. The molecule has 0 aliphatic carbocycles. The Labute approximate surface area is 218 Å². The molecule has 0 radical (unpaired) electrons. The van der Waals surface area contributed by atoms with Crippen LogP contribution < -0.4 is 14.8 Å². The Morgan fingerprint density at radius 1 is 1.00 bits per heavy atom. The largest absolute Gasteiger partial charge is 0.490 e. The number of hydrogen-bond acceptors (Lipinski definition) is 6. The quantitative estimate of drug-likeness (QED) is 0.347. The van der Waals surface area contributed by atoms with Gasteiger partial charge in [-0.2, -0.15) is 0 Å². The molecule has 4 rings (SSSR count). The van der Waals surface area contributed by atoms with Gasteiger partial charge in [-0.1, -0.05) is 54.1 Å². The van der Waals surface area contributed by atoms with Crippen LogP contribution in [0.5, 0.6) is 11.5 Å². The zero-order valence-corrected chi connectivity index (χ0v) is 21.0. The summed E-state index contributed by atoms with van der Waals surface area (Å²) in [7, 11) is 0. The van der Waals surface area contributed by atoms with Crippen LogP contribution in [0.2, 0.25) is 5.02 Å². The van der Waals surface area contributed by atoms with E-state index in [1.165, 1.54) is 0 Å². The summed E-state index contributed by atoms with van der Waals surface area (Å²) < 4.78 is 11.7. The van der Waals surface area contributed by atoms with Crippen molar-refractivity contribution >= 4 is 52.2 Å². The predicted molar refractivity (Wildman–Crippen MR) is 141 cm³/mol.